The molecule has 14 heteroatoms. The van der Waals surface area contributed by atoms with Crippen LogP contribution in [0.25, 0.3) is 0 Å². The van der Waals surface area contributed by atoms with Crippen LogP contribution in [0.3, 0.4) is 0 Å². The fourth-order valence-electron chi connectivity index (χ4n) is 2.56. The molecule has 2 N–H and O–H groups in total. The van der Waals surface area contributed by atoms with Gasteiger partial charge in [-0.1, -0.05) is 48.5 Å². The summed E-state index contributed by atoms with van der Waals surface area (Å²) in [5.41, 5.74) is 0. The molecule has 8 heterocycles. The van der Waals surface area contributed by atoms with E-state index in [0.29, 0.717) is 0 Å². The smallest absolute Gasteiger partial charge is 1.00 e. The number of H-pyrrole nitrogens is 2. The maximum atomic E-state index is 3.78. The second-order valence-corrected chi connectivity index (χ2v) is 8.30. The fourth-order valence-corrected chi connectivity index (χ4v) is 2.56. The Balaban J connectivity index is -0.000000120. The molecule has 0 aliphatic heterocycles. The summed E-state index contributed by atoms with van der Waals surface area (Å²) >= 11 is 0. The largest absolute Gasteiger partial charge is 2.00 e. The third-order valence-electron chi connectivity index (χ3n) is 4.61. The van der Waals surface area contributed by atoms with Gasteiger partial charge >= 0.3 is 46.1 Å². The first-order chi connectivity index (χ1) is 24.0. The van der Waals surface area contributed by atoms with Crippen LogP contribution in [0.1, 0.15) is 0 Å². The molecule has 0 unspecified atom stereocenters. The van der Waals surface area contributed by atoms with Crippen molar-refractivity contribution in [3.8, 4) is 0 Å². The maximum Gasteiger partial charge on any atom is 2.00 e. The van der Waals surface area contributed by atoms with Crippen molar-refractivity contribution in [1.82, 2.24) is 29.9 Å². The number of pyridine rings is 8. The molecule has 8 aromatic rings. The normalized spacial score (nSPS) is 7.11. The van der Waals surface area contributed by atoms with Gasteiger partial charge in [-0.25, -0.2) is 9.97 Å². The zero-order valence-corrected chi connectivity index (χ0v) is 35.6. The van der Waals surface area contributed by atoms with Gasteiger partial charge in [-0.2, -0.15) is 0 Å². The van der Waals surface area contributed by atoms with Crippen molar-refractivity contribution in [2.45, 2.75) is 0 Å². The molecule has 8 nitrogen and oxygen atoms in total. The molecule has 0 aliphatic rings. The summed E-state index contributed by atoms with van der Waals surface area (Å²) in [6.07, 6.45) is 28.5. The molecule has 0 saturated heterocycles. The quantitative estimate of drug-likeness (QED) is 0.142. The summed E-state index contributed by atoms with van der Waals surface area (Å²) in [7, 11) is 0. The Bertz CT molecular complexity index is 1020. The molecule has 54 heavy (non-hydrogen) atoms. The number of aromatic amines is 2. The summed E-state index contributed by atoms with van der Waals surface area (Å²) in [6, 6.07) is 46.0. The number of hydrogen-bond acceptors (Lipinski definition) is 6. The van der Waals surface area contributed by atoms with Crippen LogP contribution in [0.5, 0.6) is 0 Å². The first-order valence-electron chi connectivity index (χ1n) is 14.9. The zero-order valence-electron chi connectivity index (χ0n) is 29.7. The predicted octanol–water partition coefficient (Wildman–Crippen LogP) is -5.25. The molecule has 0 aliphatic carbocycles. The summed E-state index contributed by atoms with van der Waals surface area (Å²) in [5.74, 6) is 0. The average Bonchev–Trinajstić information content (AvgIpc) is 3.25. The first kappa shape index (κ1) is 61.9. The van der Waals surface area contributed by atoms with Crippen molar-refractivity contribution in [3.63, 3.8) is 0 Å². The van der Waals surface area contributed by atoms with Crippen molar-refractivity contribution < 1.29 is 59.6 Å². The Morgan fingerprint density at radius 1 is 0.185 bits per heavy atom. The third-order valence-corrected chi connectivity index (χ3v) is 4.61. The Morgan fingerprint density at radius 2 is 0.315 bits per heavy atom. The molecule has 0 atom stereocenters. The van der Waals surface area contributed by atoms with Crippen LogP contribution >= 0.6 is 0 Å². The first-order valence-corrected chi connectivity index (χ1v) is 14.9. The van der Waals surface area contributed by atoms with Crippen LogP contribution in [0.15, 0.2) is 245 Å². The minimum Gasteiger partial charge on any atom is -1.00 e. The topological polar surface area (TPSA) is 106 Å². The van der Waals surface area contributed by atoms with E-state index in [9.17, 15) is 0 Å². The van der Waals surface area contributed by atoms with Crippen LogP contribution < -0.4 is 59.6 Å². The molecule has 0 radical (unpaired) electrons. The SMILES string of the molecule is [Cl-].[Cl-].[Cl-].[Cl-].[Mg+2].[Mg+2].c1cc[nH+]cc1.c1cc[nH+]cc1.c1ccncc1.c1ccncc1.c1ccncc1.c1ccncc1.c1ccncc1.c1ccncc1. The molecular formula is C40H42Cl4Mg2N8+2. The van der Waals surface area contributed by atoms with Crippen molar-refractivity contribution in [2.75, 3.05) is 0 Å². The summed E-state index contributed by atoms with van der Waals surface area (Å²) in [4.78, 5) is 28.5. The van der Waals surface area contributed by atoms with Crippen molar-refractivity contribution >= 4 is 46.1 Å². The fraction of sp³-hybridized carbons (Fsp3) is 0. The number of hydrogen-bond donors (Lipinski definition) is 0. The van der Waals surface area contributed by atoms with Gasteiger partial charge in [0.05, 0.1) is 0 Å². The minimum absolute atomic E-state index is 0. The molecular weight excluding hydrogens is 783 g/mol. The number of aromatic nitrogens is 8. The maximum absolute atomic E-state index is 3.78. The second kappa shape index (κ2) is 58.2. The predicted molar refractivity (Wildman–Crippen MR) is 203 cm³/mol. The Labute approximate surface area is 377 Å². The zero-order chi connectivity index (χ0) is 33.9. The monoisotopic (exact) mass is 822 g/mol. The summed E-state index contributed by atoms with van der Waals surface area (Å²) in [5, 5.41) is 0. The van der Waals surface area contributed by atoms with Crippen LogP contribution in [0.2, 0.25) is 0 Å². The van der Waals surface area contributed by atoms with Gasteiger partial charge in [-0.05, 0) is 72.8 Å². The van der Waals surface area contributed by atoms with E-state index in [4.69, 9.17) is 0 Å². The molecule has 272 valence electrons. The number of halogens is 4. The third kappa shape index (κ3) is 54.7. The Kier molecular flexibility index (Phi) is 66.7. The Morgan fingerprint density at radius 3 is 0.352 bits per heavy atom. The van der Waals surface area contributed by atoms with Gasteiger partial charge in [-0.3, -0.25) is 29.9 Å². The van der Waals surface area contributed by atoms with Crippen LogP contribution in [-0.2, 0) is 0 Å². The molecule has 8 aromatic heterocycles. The van der Waals surface area contributed by atoms with Gasteiger partial charge in [0.25, 0.3) is 0 Å². The molecule has 8 rings (SSSR count). The average molecular weight is 825 g/mol. The molecule has 0 bridgehead atoms. The minimum atomic E-state index is 0. The Hall–Kier alpha value is -4.11. The van der Waals surface area contributed by atoms with E-state index in [-0.39, 0.29) is 95.7 Å². The van der Waals surface area contributed by atoms with Gasteiger partial charge in [0.15, 0.2) is 24.8 Å². The molecule has 0 fully saturated rings. The van der Waals surface area contributed by atoms with E-state index in [1.807, 2.05) is 170 Å². The molecule has 0 aromatic carbocycles. The van der Waals surface area contributed by atoms with Gasteiger partial charge in [0.1, 0.15) is 0 Å². The molecule has 0 amide bonds. The van der Waals surface area contributed by atoms with E-state index in [0.717, 1.165) is 0 Å². The van der Waals surface area contributed by atoms with Crippen LogP contribution in [-0.4, -0.2) is 76.0 Å². The van der Waals surface area contributed by atoms with E-state index < -0.39 is 0 Å². The molecule has 0 saturated carbocycles. The van der Waals surface area contributed by atoms with E-state index in [1.54, 1.807) is 74.4 Å². The van der Waals surface area contributed by atoms with Gasteiger partial charge in [0, 0.05) is 98.6 Å². The van der Waals surface area contributed by atoms with Crippen molar-refractivity contribution in [2.24, 2.45) is 0 Å². The van der Waals surface area contributed by atoms with Crippen LogP contribution in [0, 0.1) is 0 Å². The van der Waals surface area contributed by atoms with E-state index >= 15 is 0 Å². The van der Waals surface area contributed by atoms with E-state index in [2.05, 4.69) is 39.9 Å². The number of nitrogens with one attached hydrogen (secondary N) is 2. The van der Waals surface area contributed by atoms with Gasteiger partial charge in [-0.15, -0.1) is 0 Å². The van der Waals surface area contributed by atoms with Gasteiger partial charge < -0.3 is 49.6 Å². The number of rotatable bonds is 0. The summed E-state index contributed by atoms with van der Waals surface area (Å²) in [6.45, 7) is 0. The van der Waals surface area contributed by atoms with Crippen molar-refractivity contribution in [3.05, 3.63) is 245 Å². The second-order valence-electron chi connectivity index (χ2n) is 8.30. The van der Waals surface area contributed by atoms with Crippen molar-refractivity contribution in [1.29, 1.82) is 0 Å². The standard InChI is InChI=1S/8C5H5N.4ClH.2Mg/c8*1-2-4-6-5-3-1;;;;;;/h8*1-5H;4*1H;;/q;;;;;;;;;;;;2*+2/p-2. The molecule has 0 spiro atoms. The number of nitrogens with zero attached hydrogens (tertiary/aromatic N) is 6. The van der Waals surface area contributed by atoms with Gasteiger partial charge in [0.2, 0.25) is 0 Å². The van der Waals surface area contributed by atoms with E-state index in [1.165, 1.54) is 0 Å². The van der Waals surface area contributed by atoms with Crippen LogP contribution in [0.4, 0.5) is 0 Å². The summed E-state index contributed by atoms with van der Waals surface area (Å²) < 4.78 is 0.